The molecule has 0 aromatic heterocycles. The average molecular weight is 191 g/mol. The molecule has 13 heavy (non-hydrogen) atoms. The Kier molecular flexibility index (Phi) is 2.37. The van der Waals surface area contributed by atoms with Crippen LogP contribution in [0.2, 0.25) is 0 Å². The van der Waals surface area contributed by atoms with Crippen LogP contribution >= 0.6 is 0 Å². The number of benzene rings is 1. The molecule has 72 valence electrons. The lowest BCUT2D eigenvalue weighted by Gasteiger charge is -2.16. The molecule has 1 aromatic rings. The van der Waals surface area contributed by atoms with Crippen molar-refractivity contribution < 1.29 is 17.3 Å². The molecule has 0 nitrogen and oxygen atoms in total. The first-order valence-corrected chi connectivity index (χ1v) is 3.79. The van der Waals surface area contributed by atoms with Gasteiger partial charge in [-0.3, -0.25) is 0 Å². The molecule has 1 aromatic carbocycles. The number of halogens is 4. The van der Waals surface area contributed by atoms with Gasteiger partial charge in [-0.15, -0.1) is 5.46 Å². The summed E-state index contributed by atoms with van der Waals surface area (Å²) in [5.41, 5.74) is -0.667. The van der Waals surface area contributed by atoms with Gasteiger partial charge >= 0.3 is 6.98 Å². The maximum Gasteiger partial charge on any atom is 0.509 e. The zero-order chi connectivity index (χ0) is 10.2. The van der Waals surface area contributed by atoms with Crippen LogP contribution in [0.15, 0.2) is 12.1 Å². The third kappa shape index (κ3) is 2.02. The summed E-state index contributed by atoms with van der Waals surface area (Å²) in [6.45, 7) is -2.37. The summed E-state index contributed by atoms with van der Waals surface area (Å²) >= 11 is 0. The number of hydrogen-bond donors (Lipinski definition) is 0. The molecule has 0 amide bonds. The van der Waals surface area contributed by atoms with Gasteiger partial charge < -0.3 is 12.9 Å². The first-order valence-electron chi connectivity index (χ1n) is 3.79. The highest BCUT2D eigenvalue weighted by molar-refractivity contribution is 6.73. The van der Waals surface area contributed by atoms with E-state index < -0.39 is 18.3 Å². The molecule has 0 saturated heterocycles. The summed E-state index contributed by atoms with van der Waals surface area (Å²) in [5, 5.41) is 0. The van der Waals surface area contributed by atoms with Crippen LogP contribution in [0.3, 0.4) is 0 Å². The maximum atomic E-state index is 12.9. The van der Waals surface area contributed by atoms with E-state index in [-0.39, 0.29) is 11.1 Å². The number of hydrogen-bond acceptors (Lipinski definition) is 0. The van der Waals surface area contributed by atoms with Crippen molar-refractivity contribution in [3.8, 4) is 0 Å². The predicted octanol–water partition coefficient (Wildman–Crippen LogP) is 2.50. The van der Waals surface area contributed by atoms with Crippen molar-refractivity contribution in [1.29, 1.82) is 0 Å². The first-order chi connectivity index (χ1) is 5.82. The number of rotatable bonds is 1. The van der Waals surface area contributed by atoms with E-state index in [2.05, 4.69) is 0 Å². The standard InChI is InChI=1S/C8H8BF4/c1-5-3-7(9(11,12)13)4-6(2)8(5)10/h3-4H,1-2H3/q-1. The van der Waals surface area contributed by atoms with Crippen LogP contribution in [0.1, 0.15) is 11.1 Å². The average Bonchev–Trinajstić information content (AvgIpc) is 1.97. The van der Waals surface area contributed by atoms with Crippen LogP contribution in [-0.2, 0) is 0 Å². The third-order valence-electron chi connectivity index (χ3n) is 1.84. The molecule has 0 atom stereocenters. The highest BCUT2D eigenvalue weighted by Crippen LogP contribution is 2.15. The fourth-order valence-corrected chi connectivity index (χ4v) is 1.17. The van der Waals surface area contributed by atoms with Gasteiger partial charge in [-0.25, -0.2) is 4.39 Å². The molecular formula is C8H8BF4-. The lowest BCUT2D eigenvalue weighted by Crippen LogP contribution is -2.34. The van der Waals surface area contributed by atoms with Crippen molar-refractivity contribution >= 4 is 12.4 Å². The minimum Gasteiger partial charge on any atom is -0.445 e. The zero-order valence-corrected chi connectivity index (χ0v) is 7.24. The van der Waals surface area contributed by atoms with Gasteiger partial charge in [0, 0.05) is 0 Å². The highest BCUT2D eigenvalue weighted by Gasteiger charge is 2.26. The summed E-state index contributed by atoms with van der Waals surface area (Å²) in [7, 11) is 0. The Labute approximate surface area is 73.6 Å². The van der Waals surface area contributed by atoms with Crippen LogP contribution in [0.4, 0.5) is 17.3 Å². The van der Waals surface area contributed by atoms with E-state index in [1.165, 1.54) is 13.8 Å². The van der Waals surface area contributed by atoms with Gasteiger partial charge in [-0.2, -0.15) is 0 Å². The Bertz CT molecular complexity index is 306. The Morgan fingerprint density at radius 1 is 1.00 bits per heavy atom. The zero-order valence-electron chi connectivity index (χ0n) is 7.24. The summed E-state index contributed by atoms with van der Waals surface area (Å²) in [4.78, 5) is 0. The molecule has 0 spiro atoms. The second kappa shape index (κ2) is 3.05. The minimum atomic E-state index is -5.02. The maximum absolute atomic E-state index is 12.9. The van der Waals surface area contributed by atoms with E-state index in [1.807, 2.05) is 0 Å². The van der Waals surface area contributed by atoms with Gasteiger partial charge in [-0.05, 0) is 25.0 Å². The van der Waals surface area contributed by atoms with E-state index in [0.717, 1.165) is 12.1 Å². The van der Waals surface area contributed by atoms with E-state index in [1.54, 1.807) is 0 Å². The molecule has 0 N–H and O–H groups in total. The molecule has 1 rings (SSSR count). The lowest BCUT2D eigenvalue weighted by molar-refractivity contribution is 0.500. The van der Waals surface area contributed by atoms with E-state index in [0.29, 0.717) is 0 Å². The van der Waals surface area contributed by atoms with Crippen molar-refractivity contribution in [3.05, 3.63) is 29.1 Å². The Hall–Kier alpha value is -0.995. The Morgan fingerprint density at radius 3 is 1.69 bits per heavy atom. The molecule has 0 fully saturated rings. The van der Waals surface area contributed by atoms with E-state index >= 15 is 0 Å². The number of aryl methyl sites for hydroxylation is 2. The Balaban J connectivity index is 3.29. The monoisotopic (exact) mass is 191 g/mol. The smallest absolute Gasteiger partial charge is 0.445 e. The molecule has 5 heteroatoms. The topological polar surface area (TPSA) is 0 Å². The molecular weight excluding hydrogens is 183 g/mol. The van der Waals surface area contributed by atoms with Crippen LogP contribution in [0, 0.1) is 19.7 Å². The van der Waals surface area contributed by atoms with Crippen molar-refractivity contribution in [1.82, 2.24) is 0 Å². The van der Waals surface area contributed by atoms with Crippen molar-refractivity contribution in [2.24, 2.45) is 0 Å². The molecule has 0 saturated carbocycles. The molecule has 0 radical (unpaired) electrons. The second-order valence-electron chi connectivity index (χ2n) is 3.04. The quantitative estimate of drug-likeness (QED) is 0.472. The van der Waals surface area contributed by atoms with Gasteiger partial charge in [-0.1, -0.05) is 12.1 Å². The van der Waals surface area contributed by atoms with Crippen molar-refractivity contribution in [3.63, 3.8) is 0 Å². The molecule has 0 aliphatic heterocycles. The first kappa shape index (κ1) is 10.1. The van der Waals surface area contributed by atoms with Crippen LogP contribution in [0.5, 0.6) is 0 Å². The molecule has 0 heterocycles. The third-order valence-corrected chi connectivity index (χ3v) is 1.84. The van der Waals surface area contributed by atoms with Gasteiger partial charge in [0.25, 0.3) is 0 Å². The predicted molar refractivity (Wildman–Crippen MR) is 44.6 cm³/mol. The van der Waals surface area contributed by atoms with Crippen molar-refractivity contribution in [2.75, 3.05) is 0 Å². The summed E-state index contributed by atoms with van der Waals surface area (Å²) in [5.74, 6) is -0.566. The fourth-order valence-electron chi connectivity index (χ4n) is 1.17. The fraction of sp³-hybridized carbons (Fsp3) is 0.250. The highest BCUT2D eigenvalue weighted by atomic mass is 19.4. The molecule has 0 bridgehead atoms. The van der Waals surface area contributed by atoms with Gasteiger partial charge in [0.1, 0.15) is 5.82 Å². The molecule has 0 unspecified atom stereocenters. The van der Waals surface area contributed by atoms with E-state index in [4.69, 9.17) is 0 Å². The Morgan fingerprint density at radius 2 is 1.38 bits per heavy atom. The largest absolute Gasteiger partial charge is 0.509 e. The van der Waals surface area contributed by atoms with E-state index in [9.17, 15) is 17.3 Å². The summed E-state index contributed by atoms with van der Waals surface area (Å²) < 4.78 is 49.6. The molecule has 0 aliphatic rings. The molecule has 0 aliphatic carbocycles. The summed E-state index contributed by atoms with van der Waals surface area (Å²) in [6, 6.07) is 1.67. The van der Waals surface area contributed by atoms with Gasteiger partial charge in [0.05, 0.1) is 0 Å². The van der Waals surface area contributed by atoms with Gasteiger partial charge in [0.15, 0.2) is 0 Å². The second-order valence-corrected chi connectivity index (χ2v) is 3.04. The normalized spacial score (nSPS) is 11.8. The van der Waals surface area contributed by atoms with Crippen molar-refractivity contribution in [2.45, 2.75) is 13.8 Å². The summed E-state index contributed by atoms with van der Waals surface area (Å²) in [6.07, 6.45) is 0. The van der Waals surface area contributed by atoms with Crippen LogP contribution in [-0.4, -0.2) is 6.98 Å². The SMILES string of the molecule is Cc1cc([B-](F)(F)F)cc(C)c1F. The van der Waals surface area contributed by atoms with Crippen LogP contribution < -0.4 is 5.46 Å². The minimum absolute atomic E-state index is 0.0363. The lowest BCUT2D eigenvalue weighted by atomic mass is 9.78. The van der Waals surface area contributed by atoms with Crippen LogP contribution in [0.25, 0.3) is 0 Å². The van der Waals surface area contributed by atoms with Gasteiger partial charge in [0.2, 0.25) is 0 Å².